The number of hydrogen-bond acceptors (Lipinski definition) is 2. The van der Waals surface area contributed by atoms with E-state index in [2.05, 4.69) is 15.9 Å². The number of carbonyl (C=O) groups excluding carboxylic acids is 1. The Kier molecular flexibility index (Phi) is 3.80. The van der Waals surface area contributed by atoms with Crippen LogP contribution in [0.25, 0.3) is 0 Å². The van der Waals surface area contributed by atoms with E-state index in [9.17, 15) is 22.4 Å². The van der Waals surface area contributed by atoms with Crippen LogP contribution in [0.1, 0.15) is 15.9 Å². The van der Waals surface area contributed by atoms with Crippen molar-refractivity contribution in [3.63, 3.8) is 0 Å². The minimum absolute atomic E-state index is 0.189. The predicted octanol–water partition coefficient (Wildman–Crippen LogP) is 3.82. The Labute approximate surface area is 119 Å². The quantitative estimate of drug-likeness (QED) is 0.388. The lowest BCUT2D eigenvalue weighted by atomic mass is 10.0. The van der Waals surface area contributed by atoms with Crippen molar-refractivity contribution in [2.45, 2.75) is 0 Å². The summed E-state index contributed by atoms with van der Waals surface area (Å²) in [6.07, 6.45) is 0. The van der Waals surface area contributed by atoms with Crippen molar-refractivity contribution < 1.29 is 22.4 Å². The first kappa shape index (κ1) is 14.5. The maximum atomic E-state index is 13.7. The van der Waals surface area contributed by atoms with Crippen LogP contribution in [0.5, 0.6) is 0 Å². The van der Waals surface area contributed by atoms with Crippen molar-refractivity contribution in [1.82, 2.24) is 0 Å². The van der Waals surface area contributed by atoms with Crippen LogP contribution in [0.4, 0.5) is 23.2 Å². The predicted molar refractivity (Wildman–Crippen MR) is 68.3 cm³/mol. The van der Waals surface area contributed by atoms with E-state index < -0.39 is 45.9 Å². The smallest absolute Gasteiger partial charge is 0.199 e. The topological polar surface area (TPSA) is 43.1 Å². The van der Waals surface area contributed by atoms with Gasteiger partial charge in [-0.05, 0) is 40.2 Å². The molecule has 0 unspecified atom stereocenters. The van der Waals surface area contributed by atoms with Gasteiger partial charge in [0.2, 0.25) is 0 Å². The van der Waals surface area contributed by atoms with E-state index in [-0.39, 0.29) is 4.47 Å². The van der Waals surface area contributed by atoms with Crippen molar-refractivity contribution in [1.29, 1.82) is 0 Å². The van der Waals surface area contributed by atoms with Crippen molar-refractivity contribution in [2.24, 2.45) is 0 Å². The minimum atomic E-state index is -1.20. The van der Waals surface area contributed by atoms with Crippen LogP contribution in [0.2, 0.25) is 0 Å². The molecule has 0 spiro atoms. The Morgan fingerprint density at radius 3 is 2.25 bits per heavy atom. The van der Waals surface area contributed by atoms with E-state index in [4.69, 9.17) is 5.73 Å². The third-order valence-corrected chi connectivity index (χ3v) is 3.17. The molecule has 0 saturated heterocycles. The van der Waals surface area contributed by atoms with Crippen LogP contribution in [-0.4, -0.2) is 5.78 Å². The second kappa shape index (κ2) is 5.24. The molecular weight excluding hydrogens is 342 g/mol. The van der Waals surface area contributed by atoms with Crippen LogP contribution in [0.3, 0.4) is 0 Å². The number of benzene rings is 2. The maximum Gasteiger partial charge on any atom is 0.199 e. The van der Waals surface area contributed by atoms with Gasteiger partial charge in [0.1, 0.15) is 17.5 Å². The minimum Gasteiger partial charge on any atom is -0.396 e. The normalized spacial score (nSPS) is 10.7. The van der Waals surface area contributed by atoms with Gasteiger partial charge in [0.15, 0.2) is 11.6 Å². The Morgan fingerprint density at radius 2 is 1.60 bits per heavy atom. The molecule has 0 saturated carbocycles. The first-order valence-corrected chi connectivity index (χ1v) is 6.04. The van der Waals surface area contributed by atoms with Gasteiger partial charge in [-0.3, -0.25) is 4.79 Å². The first-order chi connectivity index (χ1) is 9.31. The molecule has 2 nitrogen and oxygen atoms in total. The van der Waals surface area contributed by atoms with Gasteiger partial charge in [0, 0.05) is 0 Å². The fourth-order valence-corrected chi connectivity index (χ4v) is 1.93. The maximum absolute atomic E-state index is 13.7. The number of halogens is 5. The van der Waals surface area contributed by atoms with Crippen LogP contribution in [0, 0.1) is 23.3 Å². The van der Waals surface area contributed by atoms with Gasteiger partial charge in [-0.25, -0.2) is 17.6 Å². The monoisotopic (exact) mass is 347 g/mol. The molecular formula is C13H6BrF4NO. The number of anilines is 1. The van der Waals surface area contributed by atoms with Crippen molar-refractivity contribution in [3.05, 3.63) is 63.1 Å². The second-order valence-corrected chi connectivity index (χ2v) is 4.79. The Morgan fingerprint density at radius 1 is 0.950 bits per heavy atom. The number of carbonyl (C=O) groups is 1. The Hall–Kier alpha value is -1.89. The van der Waals surface area contributed by atoms with E-state index in [1.807, 2.05) is 0 Å². The molecule has 0 fully saturated rings. The van der Waals surface area contributed by atoms with Gasteiger partial charge in [0.05, 0.1) is 21.3 Å². The molecule has 7 heteroatoms. The zero-order valence-corrected chi connectivity index (χ0v) is 11.3. The number of hydrogen-bond donors (Lipinski definition) is 1. The van der Waals surface area contributed by atoms with Gasteiger partial charge in [0.25, 0.3) is 0 Å². The van der Waals surface area contributed by atoms with E-state index in [1.54, 1.807) is 0 Å². The summed E-state index contributed by atoms with van der Waals surface area (Å²) in [4.78, 5) is 12.0. The van der Waals surface area contributed by atoms with Crippen LogP contribution >= 0.6 is 15.9 Å². The van der Waals surface area contributed by atoms with Crippen molar-refractivity contribution >= 4 is 27.4 Å². The lowest BCUT2D eigenvalue weighted by Gasteiger charge is -2.07. The highest BCUT2D eigenvalue weighted by Crippen LogP contribution is 2.25. The van der Waals surface area contributed by atoms with E-state index in [1.165, 1.54) is 0 Å². The summed E-state index contributed by atoms with van der Waals surface area (Å²) < 4.78 is 53.6. The second-order valence-electron chi connectivity index (χ2n) is 3.93. The SMILES string of the molecule is Nc1cc(F)cc(C(=O)c2cc(F)c(Br)cc2F)c1F. The number of nitrogen functional groups attached to an aromatic ring is 1. The average molecular weight is 348 g/mol. The van der Waals surface area contributed by atoms with Crippen LogP contribution in [0.15, 0.2) is 28.7 Å². The molecule has 0 amide bonds. The zero-order valence-electron chi connectivity index (χ0n) is 9.68. The number of rotatable bonds is 2. The third-order valence-electron chi connectivity index (χ3n) is 2.56. The van der Waals surface area contributed by atoms with Gasteiger partial charge in [-0.1, -0.05) is 0 Å². The first-order valence-electron chi connectivity index (χ1n) is 5.25. The average Bonchev–Trinajstić information content (AvgIpc) is 2.37. The third kappa shape index (κ3) is 2.53. The van der Waals surface area contributed by atoms with E-state index >= 15 is 0 Å². The highest BCUT2D eigenvalue weighted by molar-refractivity contribution is 9.10. The zero-order chi connectivity index (χ0) is 15.0. The summed E-state index contributed by atoms with van der Waals surface area (Å²) in [5.41, 5.74) is 3.12. The molecule has 0 aliphatic carbocycles. The molecule has 0 bridgehead atoms. The molecule has 0 atom stereocenters. The van der Waals surface area contributed by atoms with E-state index in [0.29, 0.717) is 18.2 Å². The molecule has 20 heavy (non-hydrogen) atoms. The summed E-state index contributed by atoms with van der Waals surface area (Å²) in [6, 6.07) is 2.59. The fourth-order valence-electron chi connectivity index (χ4n) is 1.62. The van der Waals surface area contributed by atoms with E-state index in [0.717, 1.165) is 6.07 Å². The van der Waals surface area contributed by atoms with Crippen LogP contribution < -0.4 is 5.73 Å². The highest BCUT2D eigenvalue weighted by atomic mass is 79.9. The standard InChI is InChI=1S/C13H6BrF4NO/c14-8-4-9(16)6(3-10(8)17)13(20)7-1-5(15)2-11(19)12(7)18/h1-4H,19H2. The molecule has 2 aromatic carbocycles. The lowest BCUT2D eigenvalue weighted by Crippen LogP contribution is -2.10. The summed E-state index contributed by atoms with van der Waals surface area (Å²) in [6.45, 7) is 0. The fraction of sp³-hybridized carbons (Fsp3) is 0. The lowest BCUT2D eigenvalue weighted by molar-refractivity contribution is 0.103. The van der Waals surface area contributed by atoms with Crippen molar-refractivity contribution in [2.75, 3.05) is 5.73 Å². The van der Waals surface area contributed by atoms with Gasteiger partial charge < -0.3 is 5.73 Å². The van der Waals surface area contributed by atoms with Crippen molar-refractivity contribution in [3.8, 4) is 0 Å². The van der Waals surface area contributed by atoms with Gasteiger partial charge in [-0.2, -0.15) is 0 Å². The molecule has 0 heterocycles. The number of ketones is 1. The molecule has 0 aliphatic rings. The molecule has 0 aliphatic heterocycles. The molecule has 2 rings (SSSR count). The Balaban J connectivity index is 2.60. The summed E-state index contributed by atoms with van der Waals surface area (Å²) in [5.74, 6) is -5.30. The molecule has 2 N–H and O–H groups in total. The summed E-state index contributed by atoms with van der Waals surface area (Å²) in [7, 11) is 0. The molecule has 2 aromatic rings. The molecule has 0 radical (unpaired) electrons. The van der Waals surface area contributed by atoms with Gasteiger partial charge >= 0.3 is 0 Å². The molecule has 0 aromatic heterocycles. The highest BCUT2D eigenvalue weighted by Gasteiger charge is 2.22. The number of nitrogens with two attached hydrogens (primary N) is 1. The molecule has 104 valence electrons. The van der Waals surface area contributed by atoms with Crippen LogP contribution in [-0.2, 0) is 0 Å². The van der Waals surface area contributed by atoms with Gasteiger partial charge in [-0.15, -0.1) is 0 Å². The largest absolute Gasteiger partial charge is 0.396 e. The Bertz CT molecular complexity index is 718. The summed E-state index contributed by atoms with van der Waals surface area (Å²) in [5, 5.41) is 0. The summed E-state index contributed by atoms with van der Waals surface area (Å²) >= 11 is 2.74.